The first-order valence-corrected chi connectivity index (χ1v) is 7.94. The van der Waals surface area contributed by atoms with Gasteiger partial charge in [0.05, 0.1) is 5.69 Å². The fourth-order valence-corrected chi connectivity index (χ4v) is 3.47. The van der Waals surface area contributed by atoms with Gasteiger partial charge in [-0.2, -0.15) is 5.26 Å². The molecule has 114 valence electrons. The number of hydrogen-bond acceptors (Lipinski definition) is 6. The molecule has 0 unspecified atom stereocenters. The topological polar surface area (TPSA) is 94.2 Å². The van der Waals surface area contributed by atoms with Crippen molar-refractivity contribution < 1.29 is 4.79 Å². The van der Waals surface area contributed by atoms with Crippen LogP contribution in [0.15, 0.2) is 0 Å². The highest BCUT2D eigenvalue weighted by Crippen LogP contribution is 2.36. The van der Waals surface area contributed by atoms with Crippen LogP contribution >= 0.6 is 11.3 Å². The predicted octanol–water partition coefficient (Wildman–Crippen LogP) is 1.46. The van der Waals surface area contributed by atoms with Gasteiger partial charge < -0.3 is 21.3 Å². The Morgan fingerprint density at radius 2 is 2.19 bits per heavy atom. The van der Waals surface area contributed by atoms with E-state index in [2.05, 4.69) is 28.7 Å². The fraction of sp³-hybridized carbons (Fsp3) is 0.571. The zero-order chi connectivity index (χ0) is 15.4. The van der Waals surface area contributed by atoms with Crippen molar-refractivity contribution in [1.82, 2.24) is 10.2 Å². The SMILES string of the molecule is CCNC(=O)c1sc(NC2CCN(C)CC2)c(C#N)c1N. The highest BCUT2D eigenvalue weighted by molar-refractivity contribution is 7.18. The average Bonchev–Trinajstić information content (AvgIpc) is 2.78. The molecule has 1 saturated heterocycles. The quantitative estimate of drug-likeness (QED) is 0.783. The number of rotatable bonds is 4. The standard InChI is InChI=1S/C14H21N5OS/c1-3-17-13(20)12-11(16)10(8-15)14(21-12)18-9-4-6-19(2)7-5-9/h9,18H,3-7,16H2,1-2H3,(H,17,20). The second kappa shape index (κ2) is 6.78. The van der Waals surface area contributed by atoms with Gasteiger partial charge in [0.2, 0.25) is 0 Å². The van der Waals surface area contributed by atoms with Gasteiger partial charge in [-0.3, -0.25) is 4.79 Å². The third kappa shape index (κ3) is 3.46. The molecule has 6 nitrogen and oxygen atoms in total. The van der Waals surface area contributed by atoms with E-state index in [4.69, 9.17) is 5.73 Å². The molecular formula is C14H21N5OS. The van der Waals surface area contributed by atoms with Gasteiger partial charge in [-0.15, -0.1) is 11.3 Å². The van der Waals surface area contributed by atoms with Gasteiger partial charge in [0.1, 0.15) is 21.5 Å². The summed E-state index contributed by atoms with van der Waals surface area (Å²) in [4.78, 5) is 14.7. The summed E-state index contributed by atoms with van der Waals surface area (Å²) in [5.41, 5.74) is 6.62. The van der Waals surface area contributed by atoms with Gasteiger partial charge in [-0.05, 0) is 39.9 Å². The first-order chi connectivity index (χ1) is 10.1. The normalized spacial score (nSPS) is 16.4. The number of likely N-dealkylation sites (tertiary alicyclic amines) is 1. The number of carbonyl (C=O) groups excluding carboxylic acids is 1. The molecule has 1 amide bonds. The Morgan fingerprint density at radius 3 is 2.76 bits per heavy atom. The van der Waals surface area contributed by atoms with E-state index in [0.717, 1.165) is 25.9 Å². The molecule has 1 aliphatic heterocycles. The molecule has 1 aliphatic rings. The van der Waals surface area contributed by atoms with E-state index in [9.17, 15) is 10.1 Å². The van der Waals surface area contributed by atoms with Crippen LogP contribution in [-0.4, -0.2) is 43.5 Å². The lowest BCUT2D eigenvalue weighted by atomic mass is 10.1. The van der Waals surface area contributed by atoms with Crippen molar-refractivity contribution in [3.63, 3.8) is 0 Å². The predicted molar refractivity (Wildman–Crippen MR) is 85.6 cm³/mol. The molecule has 21 heavy (non-hydrogen) atoms. The van der Waals surface area contributed by atoms with Gasteiger partial charge >= 0.3 is 0 Å². The minimum Gasteiger partial charge on any atom is -0.396 e. The minimum absolute atomic E-state index is 0.215. The molecular weight excluding hydrogens is 286 g/mol. The van der Waals surface area contributed by atoms with E-state index in [1.54, 1.807) is 0 Å². The van der Waals surface area contributed by atoms with Crippen LogP contribution in [0.4, 0.5) is 10.7 Å². The maximum absolute atomic E-state index is 12.0. The molecule has 2 rings (SSSR count). The molecule has 1 aromatic heterocycles. The fourth-order valence-electron chi connectivity index (χ4n) is 2.40. The number of nitrogens with one attached hydrogen (secondary N) is 2. The Balaban J connectivity index is 2.17. The Morgan fingerprint density at radius 1 is 1.52 bits per heavy atom. The van der Waals surface area contributed by atoms with Crippen LogP contribution < -0.4 is 16.4 Å². The monoisotopic (exact) mass is 307 g/mol. The van der Waals surface area contributed by atoms with Crippen LogP contribution in [0.3, 0.4) is 0 Å². The lowest BCUT2D eigenvalue weighted by Gasteiger charge is -2.29. The number of hydrogen-bond donors (Lipinski definition) is 3. The van der Waals surface area contributed by atoms with Crippen LogP contribution in [0.2, 0.25) is 0 Å². The Hall–Kier alpha value is -1.78. The van der Waals surface area contributed by atoms with Crippen LogP contribution in [0.25, 0.3) is 0 Å². The number of nitriles is 1. The number of nitrogens with two attached hydrogens (primary N) is 1. The second-order valence-corrected chi connectivity index (χ2v) is 6.26. The summed E-state index contributed by atoms with van der Waals surface area (Å²) >= 11 is 1.27. The van der Waals surface area contributed by atoms with Crippen LogP contribution in [-0.2, 0) is 0 Å². The summed E-state index contributed by atoms with van der Waals surface area (Å²) in [6.45, 7) is 4.45. The van der Waals surface area contributed by atoms with Crippen LogP contribution in [0, 0.1) is 11.3 Å². The van der Waals surface area contributed by atoms with Crippen molar-refractivity contribution in [3.05, 3.63) is 10.4 Å². The molecule has 1 fully saturated rings. The van der Waals surface area contributed by atoms with Crippen molar-refractivity contribution in [2.24, 2.45) is 0 Å². The summed E-state index contributed by atoms with van der Waals surface area (Å²) < 4.78 is 0. The van der Waals surface area contributed by atoms with Crippen molar-refractivity contribution in [2.75, 3.05) is 37.7 Å². The van der Waals surface area contributed by atoms with E-state index in [0.29, 0.717) is 28.0 Å². The van der Waals surface area contributed by atoms with Gasteiger partial charge in [0, 0.05) is 12.6 Å². The van der Waals surface area contributed by atoms with Gasteiger partial charge in [-0.1, -0.05) is 0 Å². The van der Waals surface area contributed by atoms with Crippen molar-refractivity contribution in [1.29, 1.82) is 5.26 Å². The van der Waals surface area contributed by atoms with Crippen LogP contribution in [0.5, 0.6) is 0 Å². The van der Waals surface area contributed by atoms with Crippen molar-refractivity contribution >= 4 is 27.9 Å². The molecule has 7 heteroatoms. The second-order valence-electron chi connectivity index (χ2n) is 5.24. The maximum Gasteiger partial charge on any atom is 0.263 e. The lowest BCUT2D eigenvalue weighted by molar-refractivity contribution is 0.0960. The average molecular weight is 307 g/mol. The molecule has 1 aromatic rings. The first kappa shape index (κ1) is 15.6. The van der Waals surface area contributed by atoms with E-state index in [1.807, 2.05) is 6.92 Å². The number of nitrogens with zero attached hydrogens (tertiary/aromatic N) is 2. The molecule has 0 saturated carbocycles. The molecule has 4 N–H and O–H groups in total. The number of piperidine rings is 1. The lowest BCUT2D eigenvalue weighted by Crippen LogP contribution is -2.36. The number of amides is 1. The molecule has 2 heterocycles. The van der Waals surface area contributed by atoms with Gasteiger partial charge in [0.15, 0.2) is 0 Å². The summed E-state index contributed by atoms with van der Waals surface area (Å²) in [6.07, 6.45) is 2.05. The number of thiophene rings is 1. The Labute approximate surface area is 128 Å². The molecule has 0 spiro atoms. The van der Waals surface area contributed by atoms with E-state index in [-0.39, 0.29) is 11.6 Å². The molecule has 0 atom stereocenters. The molecule has 0 bridgehead atoms. The summed E-state index contributed by atoms with van der Waals surface area (Å²) in [7, 11) is 2.10. The number of carbonyl (C=O) groups is 1. The summed E-state index contributed by atoms with van der Waals surface area (Å²) in [5.74, 6) is -0.215. The highest BCUT2D eigenvalue weighted by Gasteiger charge is 2.23. The third-order valence-corrected chi connectivity index (χ3v) is 4.79. The largest absolute Gasteiger partial charge is 0.396 e. The number of nitrogen functional groups attached to an aromatic ring is 1. The van der Waals surface area contributed by atoms with Gasteiger partial charge in [-0.25, -0.2) is 0 Å². The Bertz CT molecular complexity index is 554. The van der Waals surface area contributed by atoms with Crippen LogP contribution in [0.1, 0.15) is 35.0 Å². The zero-order valence-electron chi connectivity index (χ0n) is 12.4. The zero-order valence-corrected chi connectivity index (χ0v) is 13.2. The molecule has 0 aliphatic carbocycles. The molecule has 0 aromatic carbocycles. The number of anilines is 2. The van der Waals surface area contributed by atoms with E-state index >= 15 is 0 Å². The van der Waals surface area contributed by atoms with Crippen molar-refractivity contribution in [3.8, 4) is 6.07 Å². The highest BCUT2D eigenvalue weighted by atomic mass is 32.1. The third-order valence-electron chi connectivity index (χ3n) is 3.65. The van der Waals surface area contributed by atoms with E-state index < -0.39 is 0 Å². The first-order valence-electron chi connectivity index (χ1n) is 7.12. The van der Waals surface area contributed by atoms with E-state index in [1.165, 1.54) is 11.3 Å². The smallest absolute Gasteiger partial charge is 0.263 e. The summed E-state index contributed by atoms with van der Waals surface area (Å²) in [5, 5.41) is 16.1. The Kier molecular flexibility index (Phi) is 5.04. The van der Waals surface area contributed by atoms with Crippen molar-refractivity contribution in [2.45, 2.75) is 25.8 Å². The van der Waals surface area contributed by atoms with Gasteiger partial charge in [0.25, 0.3) is 5.91 Å². The minimum atomic E-state index is -0.215. The summed E-state index contributed by atoms with van der Waals surface area (Å²) in [6, 6.07) is 2.44. The molecule has 0 radical (unpaired) electrons. The maximum atomic E-state index is 12.0.